The van der Waals surface area contributed by atoms with Gasteiger partial charge in [-0.25, -0.2) is 8.42 Å². The fraction of sp³-hybridized carbons (Fsp3) is 0.194. The summed E-state index contributed by atoms with van der Waals surface area (Å²) in [5.74, 6) is -0.530. The molecule has 0 bridgehead atoms. The van der Waals surface area contributed by atoms with Crippen LogP contribution in [0.15, 0.2) is 180 Å². The molecule has 9 heteroatoms. The van der Waals surface area contributed by atoms with Crippen molar-refractivity contribution in [2.24, 2.45) is 0 Å². The minimum absolute atomic E-state index is 0.245. The van der Waals surface area contributed by atoms with E-state index in [1.165, 1.54) is 58.7 Å². The van der Waals surface area contributed by atoms with Gasteiger partial charge in [0.1, 0.15) is 0 Å². The Morgan fingerprint density at radius 1 is 0.408 bits per heavy atom. The molecule has 0 N–H and O–H groups in total. The van der Waals surface area contributed by atoms with Crippen molar-refractivity contribution in [2.45, 2.75) is 74.0 Å². The minimum atomic E-state index is -4.02. The van der Waals surface area contributed by atoms with E-state index in [1.807, 2.05) is 84.9 Å². The van der Waals surface area contributed by atoms with Crippen molar-refractivity contribution in [1.82, 2.24) is 0 Å². The Hall–Kier alpha value is -7.75. The average Bonchev–Trinajstić information content (AvgIpc) is 3.87. The Morgan fingerprint density at radius 3 is 1.11 bits per heavy atom. The lowest BCUT2D eigenvalue weighted by Gasteiger charge is -2.28. The lowest BCUT2D eigenvalue weighted by atomic mass is 9.82. The second-order valence-corrected chi connectivity index (χ2v) is 21.7. The predicted octanol–water partition coefficient (Wildman–Crippen LogP) is 14.3. The van der Waals surface area contributed by atoms with Crippen LogP contribution >= 0.6 is 0 Å². The van der Waals surface area contributed by atoms with E-state index >= 15 is 8.42 Å². The number of carbonyl (C=O) groups excluding carboxylic acids is 2. The Balaban J connectivity index is 0.998. The van der Waals surface area contributed by atoms with Crippen molar-refractivity contribution >= 4 is 55.9 Å². The first-order valence-electron chi connectivity index (χ1n) is 24.1. The summed E-state index contributed by atoms with van der Waals surface area (Å²) in [6.07, 6.45) is 1.61. The van der Waals surface area contributed by atoms with Gasteiger partial charge in [0, 0.05) is 68.9 Å². The molecule has 354 valence electrons. The van der Waals surface area contributed by atoms with Crippen LogP contribution in [0.2, 0.25) is 0 Å². The number of rotatable bonds is 12. The topological polar surface area (TPSA) is 93.2 Å². The highest BCUT2D eigenvalue weighted by atomic mass is 32.2. The van der Waals surface area contributed by atoms with Gasteiger partial charge in [0.2, 0.25) is 9.84 Å². The van der Waals surface area contributed by atoms with Crippen LogP contribution < -0.4 is 9.80 Å². The molecule has 0 saturated carbocycles. The van der Waals surface area contributed by atoms with E-state index in [0.717, 1.165) is 33.9 Å². The van der Waals surface area contributed by atoms with Crippen LogP contribution in [0.3, 0.4) is 0 Å². The van der Waals surface area contributed by atoms with E-state index < -0.39 is 9.84 Å². The van der Waals surface area contributed by atoms with Gasteiger partial charge < -0.3 is 19.3 Å². The number of esters is 2. The van der Waals surface area contributed by atoms with E-state index in [9.17, 15) is 9.59 Å². The maximum Gasteiger partial charge on any atom is 0.305 e. The monoisotopic (exact) mass is 954 g/mol. The number of aryl methyl sites for hydroxylation is 2. The summed E-state index contributed by atoms with van der Waals surface area (Å²) in [7, 11) is -1.23. The van der Waals surface area contributed by atoms with Crippen molar-refractivity contribution in [3.05, 3.63) is 203 Å². The van der Waals surface area contributed by atoms with Crippen molar-refractivity contribution in [3.63, 3.8) is 0 Å². The molecule has 3 aliphatic rings. The molecule has 0 aromatic heterocycles. The van der Waals surface area contributed by atoms with Crippen molar-refractivity contribution in [3.8, 4) is 33.4 Å². The summed E-state index contributed by atoms with van der Waals surface area (Å²) in [4.78, 5) is 28.8. The fourth-order valence-electron chi connectivity index (χ4n) is 11.2. The van der Waals surface area contributed by atoms with Crippen molar-refractivity contribution in [1.29, 1.82) is 0 Å². The second-order valence-electron chi connectivity index (χ2n) is 19.8. The molecule has 8 aromatic carbocycles. The van der Waals surface area contributed by atoms with E-state index in [0.29, 0.717) is 35.3 Å². The van der Waals surface area contributed by atoms with Crippen molar-refractivity contribution in [2.75, 3.05) is 24.0 Å². The van der Waals surface area contributed by atoms with Crippen LogP contribution in [0.25, 0.3) is 33.4 Å². The summed E-state index contributed by atoms with van der Waals surface area (Å²) in [6, 6.07) is 57.9. The fourth-order valence-corrected chi connectivity index (χ4v) is 12.9. The molecule has 1 aliphatic heterocycles. The number of hydrogen-bond donors (Lipinski definition) is 0. The van der Waals surface area contributed by atoms with Crippen LogP contribution in [-0.4, -0.2) is 34.6 Å². The molecule has 0 saturated heterocycles. The van der Waals surface area contributed by atoms with Gasteiger partial charge in [-0.15, -0.1) is 0 Å². The molecule has 0 fully saturated rings. The van der Waals surface area contributed by atoms with Crippen LogP contribution in [-0.2, 0) is 52.6 Å². The third-order valence-corrected chi connectivity index (χ3v) is 16.9. The Bertz CT molecular complexity index is 3350. The zero-order valence-corrected chi connectivity index (χ0v) is 41.6. The van der Waals surface area contributed by atoms with E-state index in [1.54, 1.807) is 0 Å². The van der Waals surface area contributed by atoms with Gasteiger partial charge >= 0.3 is 11.9 Å². The number of carbonyl (C=O) groups is 2. The molecule has 0 atom stereocenters. The summed E-state index contributed by atoms with van der Waals surface area (Å²) >= 11 is 0. The van der Waals surface area contributed by atoms with Gasteiger partial charge in [-0.3, -0.25) is 9.59 Å². The quantitative estimate of drug-likeness (QED) is 0.112. The third-order valence-electron chi connectivity index (χ3n) is 15.0. The van der Waals surface area contributed by atoms with Crippen LogP contribution in [0.5, 0.6) is 0 Å². The molecule has 8 nitrogen and oxygen atoms in total. The number of benzene rings is 8. The largest absolute Gasteiger partial charge is 0.469 e. The maximum atomic E-state index is 15.2. The first-order chi connectivity index (χ1) is 34.2. The van der Waals surface area contributed by atoms with Gasteiger partial charge in [-0.2, -0.15) is 0 Å². The van der Waals surface area contributed by atoms with E-state index in [2.05, 4.69) is 122 Å². The van der Waals surface area contributed by atoms with Crippen LogP contribution in [0.4, 0.5) is 34.1 Å². The lowest BCUT2D eigenvalue weighted by Crippen LogP contribution is -2.16. The van der Waals surface area contributed by atoms with Gasteiger partial charge in [-0.1, -0.05) is 125 Å². The summed E-state index contributed by atoms with van der Waals surface area (Å²) < 4.78 is 40.2. The third kappa shape index (κ3) is 7.62. The van der Waals surface area contributed by atoms with Gasteiger partial charge in [0.15, 0.2) is 0 Å². The number of sulfone groups is 1. The normalized spacial score (nSPS) is 14.6. The molecule has 0 unspecified atom stereocenters. The number of methoxy groups -OCH3 is 2. The molecule has 1 heterocycles. The summed E-state index contributed by atoms with van der Waals surface area (Å²) in [5, 5.41) is 0. The second kappa shape index (κ2) is 17.3. The molecule has 0 spiro atoms. The predicted molar refractivity (Wildman–Crippen MR) is 282 cm³/mol. The zero-order chi connectivity index (χ0) is 49.4. The number of anilines is 6. The highest BCUT2D eigenvalue weighted by molar-refractivity contribution is 7.92. The minimum Gasteiger partial charge on any atom is -0.469 e. The Kier molecular flexibility index (Phi) is 11.1. The molecule has 8 aromatic rings. The Labute approximate surface area is 416 Å². The SMILES string of the molecule is COC(=O)CCc1ccc(N(c2ccc3c(c2)C(C)(C)c2ccccc2-3)c2ccc3c(c2)S(=O)(=O)c2cc(N(c4ccc(CCC(=O)OC)cc4)c4ccc5c(c4)C(C)(C)c4ccccc4-5)ccc2-3)cc1. The molecular weight excluding hydrogens is 901 g/mol. The average molecular weight is 955 g/mol. The Morgan fingerprint density at radius 2 is 0.732 bits per heavy atom. The highest BCUT2D eigenvalue weighted by Crippen LogP contribution is 2.54. The van der Waals surface area contributed by atoms with Gasteiger partial charge in [-0.05, 0) is 141 Å². The molecule has 0 radical (unpaired) electrons. The lowest BCUT2D eigenvalue weighted by molar-refractivity contribution is -0.141. The number of ether oxygens (including phenoxy) is 2. The molecule has 0 amide bonds. The standard InChI is InChI=1S/C62H54N2O6S/c1-61(2)53-13-9-7-11-47(53)49-29-25-43(35-55(49)61)63(41-21-15-39(16-22-41)19-33-59(65)69-5)45-27-31-51-52-32-28-46(38-58(52)71(67,68)57(51)37-45)64(42-23-17-40(18-24-42)20-34-60(66)70-6)44-26-30-50-48-12-8-10-14-54(48)62(3,4)56(50)36-44/h7-18,21-32,35-38H,19-20,33-34H2,1-6H3. The molecular formula is C62H54N2O6S. The smallest absolute Gasteiger partial charge is 0.305 e. The maximum absolute atomic E-state index is 15.2. The molecule has 2 aliphatic carbocycles. The number of fused-ring (bicyclic) bond motifs is 9. The van der Waals surface area contributed by atoms with E-state index in [-0.39, 0.29) is 45.4 Å². The van der Waals surface area contributed by atoms with Crippen molar-refractivity contribution < 1.29 is 27.5 Å². The highest BCUT2D eigenvalue weighted by Gasteiger charge is 2.39. The number of hydrogen-bond acceptors (Lipinski definition) is 8. The van der Waals surface area contributed by atoms with E-state index in [4.69, 9.17) is 9.47 Å². The zero-order valence-electron chi connectivity index (χ0n) is 40.7. The summed E-state index contributed by atoms with van der Waals surface area (Å²) in [5.41, 5.74) is 17.4. The van der Waals surface area contributed by atoms with Crippen LogP contribution in [0, 0.1) is 0 Å². The summed E-state index contributed by atoms with van der Waals surface area (Å²) in [6.45, 7) is 9.01. The molecule has 71 heavy (non-hydrogen) atoms. The van der Waals surface area contributed by atoms with Crippen LogP contribution in [0.1, 0.15) is 73.9 Å². The van der Waals surface area contributed by atoms with Gasteiger partial charge in [0.05, 0.1) is 24.0 Å². The molecule has 11 rings (SSSR count). The van der Waals surface area contributed by atoms with Gasteiger partial charge in [0.25, 0.3) is 0 Å². The number of nitrogens with zero attached hydrogens (tertiary/aromatic N) is 2. The first-order valence-corrected chi connectivity index (χ1v) is 25.6. The first kappa shape index (κ1) is 45.7.